The quantitative estimate of drug-likeness (QED) is 0.916. The van der Waals surface area contributed by atoms with Gasteiger partial charge < -0.3 is 10.6 Å². The van der Waals surface area contributed by atoms with Crippen LogP contribution >= 0.6 is 11.3 Å². The van der Waals surface area contributed by atoms with Crippen molar-refractivity contribution in [3.05, 3.63) is 21.9 Å². The highest BCUT2D eigenvalue weighted by atomic mass is 32.1. The van der Waals surface area contributed by atoms with Crippen molar-refractivity contribution >= 4 is 17.2 Å². The van der Waals surface area contributed by atoms with Crippen molar-refractivity contribution < 1.29 is 4.79 Å². The third-order valence-corrected chi connectivity index (χ3v) is 4.96. The van der Waals surface area contributed by atoms with E-state index >= 15 is 0 Å². The van der Waals surface area contributed by atoms with Crippen LogP contribution in [0.4, 0.5) is 0 Å². The fourth-order valence-corrected chi connectivity index (χ4v) is 3.79. The van der Waals surface area contributed by atoms with Crippen molar-refractivity contribution in [1.29, 1.82) is 0 Å². The van der Waals surface area contributed by atoms with E-state index in [1.807, 2.05) is 4.90 Å². The average molecular weight is 281 g/mol. The van der Waals surface area contributed by atoms with Crippen molar-refractivity contribution in [3.63, 3.8) is 0 Å². The Kier molecular flexibility index (Phi) is 4.96. The molecule has 2 heterocycles. The molecule has 19 heavy (non-hydrogen) atoms. The van der Waals surface area contributed by atoms with Crippen LogP contribution in [0.25, 0.3) is 0 Å². The normalized spacial score (nSPS) is 19.2. The van der Waals surface area contributed by atoms with E-state index in [2.05, 4.69) is 23.3 Å². The first-order chi connectivity index (χ1) is 9.13. The lowest BCUT2D eigenvalue weighted by Gasteiger charge is -2.29. The van der Waals surface area contributed by atoms with E-state index < -0.39 is 0 Å². The molecule has 0 bridgehead atoms. The molecule has 1 unspecified atom stereocenters. The van der Waals surface area contributed by atoms with Crippen LogP contribution in [-0.2, 0) is 4.79 Å². The Morgan fingerprint density at radius 1 is 1.42 bits per heavy atom. The molecule has 1 aliphatic heterocycles. The van der Waals surface area contributed by atoms with E-state index in [-0.39, 0.29) is 5.91 Å². The van der Waals surface area contributed by atoms with Crippen molar-refractivity contribution in [3.8, 4) is 0 Å². The summed E-state index contributed by atoms with van der Waals surface area (Å²) >= 11 is 1.79. The molecule has 0 aliphatic carbocycles. The van der Waals surface area contributed by atoms with E-state index in [0.29, 0.717) is 12.6 Å². The monoisotopic (exact) mass is 281 g/mol. The Bertz CT molecular complexity index is 432. The largest absolute Gasteiger partial charge is 0.342 e. The summed E-state index contributed by atoms with van der Waals surface area (Å²) in [6.07, 6.45) is 1.03. The third-order valence-electron chi connectivity index (χ3n) is 3.84. The molecule has 2 rings (SSSR count). The highest BCUT2D eigenvalue weighted by Crippen LogP contribution is 2.28. The lowest BCUT2D eigenvalue weighted by atomic mass is 10.1. The Morgan fingerprint density at radius 2 is 2.21 bits per heavy atom. The molecule has 1 fully saturated rings. The van der Waals surface area contributed by atoms with Crippen molar-refractivity contribution in [2.75, 3.05) is 32.7 Å². The summed E-state index contributed by atoms with van der Waals surface area (Å²) in [5.41, 5.74) is 7.32. The van der Waals surface area contributed by atoms with E-state index in [4.69, 9.17) is 5.73 Å². The molecule has 2 N–H and O–H groups in total. The zero-order valence-corrected chi connectivity index (χ0v) is 12.6. The van der Waals surface area contributed by atoms with Gasteiger partial charge in [0.1, 0.15) is 0 Å². The van der Waals surface area contributed by atoms with Gasteiger partial charge in [-0.25, -0.2) is 0 Å². The molecule has 1 aromatic heterocycles. The number of amides is 1. The van der Waals surface area contributed by atoms with Crippen molar-refractivity contribution in [1.82, 2.24) is 9.80 Å². The van der Waals surface area contributed by atoms with Crippen LogP contribution in [0.1, 0.15) is 29.8 Å². The van der Waals surface area contributed by atoms with Gasteiger partial charge in [-0.15, -0.1) is 11.3 Å². The molecule has 1 amide bonds. The number of nitrogens with zero attached hydrogens (tertiary/aromatic N) is 2. The second kappa shape index (κ2) is 6.50. The van der Waals surface area contributed by atoms with Gasteiger partial charge in [0.2, 0.25) is 5.91 Å². The maximum absolute atomic E-state index is 11.5. The van der Waals surface area contributed by atoms with E-state index in [1.165, 1.54) is 10.4 Å². The first-order valence-electron chi connectivity index (χ1n) is 6.87. The minimum atomic E-state index is 0.179. The number of nitrogens with two attached hydrogens (primary N) is 1. The molecule has 1 saturated heterocycles. The molecule has 1 aliphatic rings. The van der Waals surface area contributed by atoms with Gasteiger partial charge in [-0.2, -0.15) is 0 Å². The average Bonchev–Trinajstić information content (AvgIpc) is 2.66. The van der Waals surface area contributed by atoms with Crippen molar-refractivity contribution in [2.24, 2.45) is 5.73 Å². The summed E-state index contributed by atoms with van der Waals surface area (Å²) in [7, 11) is 0. The SMILES string of the molecule is CC(=O)N1CCCN(C(CN)c2sccc2C)CC1. The van der Waals surface area contributed by atoms with Gasteiger partial charge >= 0.3 is 0 Å². The van der Waals surface area contributed by atoms with E-state index in [9.17, 15) is 4.79 Å². The Hall–Kier alpha value is -0.910. The first kappa shape index (κ1) is 14.5. The lowest BCUT2D eigenvalue weighted by molar-refractivity contribution is -0.128. The second-order valence-corrected chi connectivity index (χ2v) is 6.06. The molecule has 0 radical (unpaired) electrons. The van der Waals surface area contributed by atoms with Crippen LogP contribution < -0.4 is 5.73 Å². The summed E-state index contributed by atoms with van der Waals surface area (Å²) in [5.74, 6) is 0.179. The third kappa shape index (κ3) is 3.35. The second-order valence-electron chi connectivity index (χ2n) is 5.11. The number of carbonyl (C=O) groups is 1. The molecule has 1 aromatic rings. The lowest BCUT2D eigenvalue weighted by Crippen LogP contribution is -2.37. The molecule has 1 atom stereocenters. The maximum atomic E-state index is 11.5. The Labute approximate surface area is 119 Å². The molecule has 0 spiro atoms. The highest BCUT2D eigenvalue weighted by Gasteiger charge is 2.24. The van der Waals surface area contributed by atoms with Crippen LogP contribution in [0.3, 0.4) is 0 Å². The summed E-state index contributed by atoms with van der Waals surface area (Å²) in [6.45, 7) is 8.06. The smallest absolute Gasteiger partial charge is 0.219 e. The van der Waals surface area contributed by atoms with Gasteiger partial charge in [0.15, 0.2) is 0 Å². The maximum Gasteiger partial charge on any atom is 0.219 e. The number of hydrogen-bond acceptors (Lipinski definition) is 4. The molecule has 4 nitrogen and oxygen atoms in total. The number of hydrogen-bond donors (Lipinski definition) is 1. The molecule has 0 aromatic carbocycles. The van der Waals surface area contributed by atoms with Crippen LogP contribution in [0.5, 0.6) is 0 Å². The number of carbonyl (C=O) groups excluding carboxylic acids is 1. The predicted octanol–water partition coefficient (Wildman–Crippen LogP) is 1.61. The first-order valence-corrected chi connectivity index (χ1v) is 7.75. The summed E-state index contributed by atoms with van der Waals surface area (Å²) in [4.78, 5) is 17.2. The summed E-state index contributed by atoms with van der Waals surface area (Å²) < 4.78 is 0. The van der Waals surface area contributed by atoms with E-state index in [1.54, 1.807) is 18.3 Å². The summed E-state index contributed by atoms with van der Waals surface area (Å²) in [6, 6.07) is 2.45. The van der Waals surface area contributed by atoms with Crippen LogP contribution in [0.2, 0.25) is 0 Å². The van der Waals surface area contributed by atoms with Crippen LogP contribution in [0, 0.1) is 6.92 Å². The molecule has 0 saturated carbocycles. The molecule has 106 valence electrons. The van der Waals surface area contributed by atoms with Gasteiger partial charge in [-0.3, -0.25) is 9.69 Å². The minimum absolute atomic E-state index is 0.179. The van der Waals surface area contributed by atoms with Gasteiger partial charge in [0, 0.05) is 44.5 Å². The fourth-order valence-electron chi connectivity index (χ4n) is 2.71. The topological polar surface area (TPSA) is 49.6 Å². The van der Waals surface area contributed by atoms with Gasteiger partial charge in [-0.1, -0.05) is 0 Å². The van der Waals surface area contributed by atoms with Crippen LogP contribution in [0.15, 0.2) is 11.4 Å². The van der Waals surface area contributed by atoms with Gasteiger partial charge in [0.25, 0.3) is 0 Å². The van der Waals surface area contributed by atoms with Gasteiger partial charge in [0.05, 0.1) is 6.04 Å². The zero-order valence-electron chi connectivity index (χ0n) is 11.8. The Balaban J connectivity index is 2.08. The zero-order chi connectivity index (χ0) is 13.8. The van der Waals surface area contributed by atoms with Gasteiger partial charge in [-0.05, 0) is 30.4 Å². The predicted molar refractivity (Wildman–Crippen MR) is 79.3 cm³/mol. The van der Waals surface area contributed by atoms with E-state index in [0.717, 1.165) is 32.6 Å². The summed E-state index contributed by atoms with van der Waals surface area (Å²) in [5, 5.41) is 2.13. The number of thiophene rings is 1. The molecular formula is C14H23N3OS. The number of aryl methyl sites for hydroxylation is 1. The van der Waals surface area contributed by atoms with Crippen LogP contribution in [-0.4, -0.2) is 48.4 Å². The standard InChI is InChI=1S/C14H23N3OS/c1-11-4-9-19-14(11)13(10-15)17-6-3-5-16(7-8-17)12(2)18/h4,9,13H,3,5-8,10,15H2,1-2H3. The number of rotatable bonds is 3. The highest BCUT2D eigenvalue weighted by molar-refractivity contribution is 7.10. The Morgan fingerprint density at radius 3 is 2.79 bits per heavy atom. The molecular weight excluding hydrogens is 258 g/mol. The minimum Gasteiger partial charge on any atom is -0.342 e. The van der Waals surface area contributed by atoms with Crippen molar-refractivity contribution in [2.45, 2.75) is 26.3 Å². The fraction of sp³-hybridized carbons (Fsp3) is 0.643. The molecule has 5 heteroatoms.